The molecule has 1 aliphatic carbocycles. The summed E-state index contributed by atoms with van der Waals surface area (Å²) in [6.07, 6.45) is 6.01. The van der Waals surface area contributed by atoms with Gasteiger partial charge in [0.1, 0.15) is 6.07 Å². The highest BCUT2D eigenvalue weighted by Gasteiger charge is 2.26. The van der Waals surface area contributed by atoms with Crippen molar-refractivity contribution in [3.8, 4) is 6.07 Å². The minimum Gasteiger partial charge on any atom is -0.256 e. The van der Waals surface area contributed by atoms with Gasteiger partial charge in [0, 0.05) is 17.5 Å². The fourth-order valence-electron chi connectivity index (χ4n) is 1.72. The molecule has 3 rings (SSSR count). The zero-order chi connectivity index (χ0) is 12.4. The summed E-state index contributed by atoms with van der Waals surface area (Å²) < 4.78 is 0. The average Bonchev–Trinajstić information content (AvgIpc) is 3.17. The van der Waals surface area contributed by atoms with E-state index in [-0.39, 0.29) is 0 Å². The molecule has 0 unspecified atom stereocenters. The molecule has 0 aromatic carbocycles. The van der Waals surface area contributed by atoms with Gasteiger partial charge in [0.05, 0.1) is 22.0 Å². The van der Waals surface area contributed by atoms with Crippen molar-refractivity contribution in [2.75, 3.05) is 0 Å². The zero-order valence-corrected chi connectivity index (χ0v) is 10.5. The molecular formula is C14H11N3S. The smallest absolute Gasteiger partial charge is 0.101 e. The molecule has 2 aromatic rings. The molecular weight excluding hydrogens is 242 g/mol. The van der Waals surface area contributed by atoms with Crippen LogP contribution in [-0.2, 0) is 0 Å². The van der Waals surface area contributed by atoms with Crippen LogP contribution in [-0.4, -0.2) is 9.97 Å². The normalized spacial score (nSPS) is 15.4. The van der Waals surface area contributed by atoms with E-state index >= 15 is 0 Å². The van der Waals surface area contributed by atoms with E-state index in [0.29, 0.717) is 17.2 Å². The summed E-state index contributed by atoms with van der Waals surface area (Å²) in [5.41, 5.74) is 2.12. The highest BCUT2D eigenvalue weighted by atomic mass is 32.1. The SMILES string of the molecule is N#C/C(=C\c1csc(C2CC2)n1)c1ccccn1. The van der Waals surface area contributed by atoms with E-state index in [1.807, 2.05) is 29.7 Å². The van der Waals surface area contributed by atoms with Gasteiger partial charge in [-0.15, -0.1) is 11.3 Å². The molecule has 88 valence electrons. The van der Waals surface area contributed by atoms with Crippen LogP contribution in [0.4, 0.5) is 0 Å². The molecule has 1 saturated carbocycles. The number of allylic oxidation sites excluding steroid dienone is 1. The van der Waals surface area contributed by atoms with Gasteiger partial charge in [0.15, 0.2) is 0 Å². The number of nitrogens with zero attached hydrogens (tertiary/aromatic N) is 3. The molecule has 0 atom stereocenters. The highest BCUT2D eigenvalue weighted by Crippen LogP contribution is 2.41. The maximum absolute atomic E-state index is 9.19. The van der Waals surface area contributed by atoms with E-state index in [9.17, 15) is 5.26 Å². The molecule has 2 heterocycles. The molecule has 0 aliphatic heterocycles. The summed E-state index contributed by atoms with van der Waals surface area (Å²) in [6, 6.07) is 7.74. The molecule has 0 amide bonds. The van der Waals surface area contributed by atoms with Gasteiger partial charge in [0.2, 0.25) is 0 Å². The second-order valence-electron chi connectivity index (χ2n) is 4.27. The van der Waals surface area contributed by atoms with E-state index < -0.39 is 0 Å². The van der Waals surface area contributed by atoms with Crippen LogP contribution in [0.15, 0.2) is 29.8 Å². The highest BCUT2D eigenvalue weighted by molar-refractivity contribution is 7.09. The minimum absolute atomic E-state index is 0.559. The average molecular weight is 253 g/mol. The molecule has 2 aromatic heterocycles. The fraction of sp³-hybridized carbons (Fsp3) is 0.214. The van der Waals surface area contributed by atoms with E-state index in [1.54, 1.807) is 17.5 Å². The second kappa shape index (κ2) is 4.71. The van der Waals surface area contributed by atoms with Crippen LogP contribution in [0, 0.1) is 11.3 Å². The zero-order valence-electron chi connectivity index (χ0n) is 9.71. The van der Waals surface area contributed by atoms with Gasteiger partial charge in [-0.05, 0) is 31.1 Å². The first kappa shape index (κ1) is 11.1. The first-order valence-corrected chi connectivity index (χ1v) is 6.73. The topological polar surface area (TPSA) is 49.6 Å². The number of thiazole rings is 1. The summed E-state index contributed by atoms with van der Waals surface area (Å²) in [7, 11) is 0. The number of pyridine rings is 1. The molecule has 0 spiro atoms. The van der Waals surface area contributed by atoms with Gasteiger partial charge >= 0.3 is 0 Å². The van der Waals surface area contributed by atoms with Crippen molar-refractivity contribution >= 4 is 23.0 Å². The lowest BCUT2D eigenvalue weighted by Gasteiger charge is -1.95. The summed E-state index contributed by atoms with van der Waals surface area (Å²) in [5, 5.41) is 12.4. The number of rotatable bonds is 3. The Bertz CT molecular complexity index is 618. The predicted octanol–water partition coefficient (Wildman–Crippen LogP) is 3.48. The van der Waals surface area contributed by atoms with Crippen LogP contribution in [0.25, 0.3) is 11.6 Å². The monoisotopic (exact) mass is 253 g/mol. The van der Waals surface area contributed by atoms with Crippen LogP contribution < -0.4 is 0 Å². The van der Waals surface area contributed by atoms with E-state index in [2.05, 4.69) is 16.0 Å². The number of aromatic nitrogens is 2. The Morgan fingerprint density at radius 1 is 1.44 bits per heavy atom. The van der Waals surface area contributed by atoms with Crippen molar-refractivity contribution in [2.24, 2.45) is 0 Å². The maximum Gasteiger partial charge on any atom is 0.101 e. The molecule has 0 N–H and O–H groups in total. The molecule has 1 fully saturated rings. The van der Waals surface area contributed by atoms with Crippen molar-refractivity contribution in [2.45, 2.75) is 18.8 Å². The Labute approximate surface area is 109 Å². The minimum atomic E-state index is 0.559. The Morgan fingerprint density at radius 3 is 3.00 bits per heavy atom. The summed E-state index contributed by atoms with van der Waals surface area (Å²) in [6.45, 7) is 0. The molecule has 4 heteroatoms. The third-order valence-electron chi connectivity index (χ3n) is 2.82. The second-order valence-corrected chi connectivity index (χ2v) is 5.16. The van der Waals surface area contributed by atoms with E-state index in [4.69, 9.17) is 0 Å². The number of nitriles is 1. The summed E-state index contributed by atoms with van der Waals surface area (Å²) in [4.78, 5) is 8.73. The molecule has 0 radical (unpaired) electrons. The Kier molecular flexibility index (Phi) is 2.91. The van der Waals surface area contributed by atoms with Crippen LogP contribution >= 0.6 is 11.3 Å². The van der Waals surface area contributed by atoms with Gasteiger partial charge in [-0.1, -0.05) is 6.07 Å². The Hall–Kier alpha value is -1.99. The van der Waals surface area contributed by atoms with Gasteiger partial charge in [0.25, 0.3) is 0 Å². The third kappa shape index (κ3) is 2.31. The van der Waals surface area contributed by atoms with Gasteiger partial charge in [-0.25, -0.2) is 4.98 Å². The maximum atomic E-state index is 9.19. The standard InChI is InChI=1S/C14H11N3S/c15-8-11(13-3-1-2-6-16-13)7-12-9-18-14(17-12)10-4-5-10/h1-3,6-7,9-10H,4-5H2/b11-7+. The third-order valence-corrected chi connectivity index (χ3v) is 3.85. The molecule has 18 heavy (non-hydrogen) atoms. The first-order valence-electron chi connectivity index (χ1n) is 5.85. The summed E-state index contributed by atoms with van der Waals surface area (Å²) >= 11 is 1.68. The lowest BCUT2D eigenvalue weighted by Crippen LogP contribution is -1.86. The van der Waals surface area contributed by atoms with Crippen LogP contribution in [0.5, 0.6) is 0 Å². The predicted molar refractivity (Wildman–Crippen MR) is 71.8 cm³/mol. The fourth-order valence-corrected chi connectivity index (χ4v) is 2.67. The van der Waals surface area contributed by atoms with Crippen LogP contribution in [0.3, 0.4) is 0 Å². The van der Waals surface area contributed by atoms with Gasteiger partial charge in [-0.2, -0.15) is 5.26 Å². The lowest BCUT2D eigenvalue weighted by atomic mass is 10.1. The Balaban J connectivity index is 1.90. The van der Waals surface area contributed by atoms with Crippen molar-refractivity contribution < 1.29 is 0 Å². The molecule has 0 bridgehead atoms. The quantitative estimate of drug-likeness (QED) is 0.787. The van der Waals surface area contributed by atoms with Crippen LogP contribution in [0.2, 0.25) is 0 Å². The van der Waals surface area contributed by atoms with E-state index in [0.717, 1.165) is 5.69 Å². The lowest BCUT2D eigenvalue weighted by molar-refractivity contribution is 1.08. The largest absolute Gasteiger partial charge is 0.256 e. The van der Waals surface area contributed by atoms with E-state index in [1.165, 1.54) is 17.8 Å². The van der Waals surface area contributed by atoms with Gasteiger partial charge in [-0.3, -0.25) is 4.98 Å². The molecule has 3 nitrogen and oxygen atoms in total. The summed E-state index contributed by atoms with van der Waals surface area (Å²) in [5.74, 6) is 0.664. The van der Waals surface area contributed by atoms with Gasteiger partial charge < -0.3 is 0 Å². The van der Waals surface area contributed by atoms with Crippen molar-refractivity contribution in [3.05, 3.63) is 46.2 Å². The number of hydrogen-bond donors (Lipinski definition) is 0. The first-order chi connectivity index (χ1) is 8.86. The molecule has 1 aliphatic rings. The molecule has 0 saturated heterocycles. The van der Waals surface area contributed by atoms with Crippen molar-refractivity contribution in [3.63, 3.8) is 0 Å². The Morgan fingerprint density at radius 2 is 2.33 bits per heavy atom. The van der Waals surface area contributed by atoms with Crippen molar-refractivity contribution in [1.82, 2.24) is 9.97 Å². The van der Waals surface area contributed by atoms with Crippen molar-refractivity contribution in [1.29, 1.82) is 5.26 Å². The number of hydrogen-bond acceptors (Lipinski definition) is 4. The van der Waals surface area contributed by atoms with Crippen LogP contribution in [0.1, 0.15) is 35.2 Å².